The number of nitrogens with one attached hydrogen (secondary N) is 2. The number of nitro groups is 1. The first-order valence-electron chi connectivity index (χ1n) is 6.77. The van der Waals surface area contributed by atoms with Gasteiger partial charge in [-0.1, -0.05) is 23.7 Å². The Hall–Kier alpha value is -3.26. The van der Waals surface area contributed by atoms with Gasteiger partial charge in [-0.25, -0.2) is 0 Å². The highest BCUT2D eigenvalue weighted by atomic mass is 35.5. The molecule has 0 radical (unpaired) electrons. The van der Waals surface area contributed by atoms with Gasteiger partial charge in [0.2, 0.25) is 0 Å². The summed E-state index contributed by atoms with van der Waals surface area (Å²) in [4.78, 5) is 22.3. The number of aromatic amines is 2. The molecule has 2 N–H and O–H groups in total. The maximum atomic E-state index is 11.9. The van der Waals surface area contributed by atoms with Crippen LogP contribution in [0, 0.1) is 10.1 Å². The molecule has 0 unspecified atom stereocenters. The molecule has 0 aliphatic carbocycles. The van der Waals surface area contributed by atoms with E-state index in [2.05, 4.69) is 20.4 Å². The standard InChI is InChI=1S/C15H10ClN5O3/c16-10-4-6-11(7-5-10)17-19-14-13(18-20-15(14)22)9-2-1-3-12(8-9)21(23)24/h1-8H,(H2,18,20,22). The normalized spacial score (nSPS) is 11.0. The largest absolute Gasteiger partial charge is 0.295 e. The molecule has 1 heterocycles. The van der Waals surface area contributed by atoms with Gasteiger partial charge in [-0.3, -0.25) is 25.1 Å². The number of H-pyrrole nitrogens is 2. The van der Waals surface area contributed by atoms with Crippen LogP contribution in [0.5, 0.6) is 0 Å². The molecule has 3 rings (SSSR count). The van der Waals surface area contributed by atoms with E-state index in [9.17, 15) is 14.9 Å². The van der Waals surface area contributed by atoms with Crippen molar-refractivity contribution < 1.29 is 4.92 Å². The van der Waals surface area contributed by atoms with Crippen molar-refractivity contribution in [3.63, 3.8) is 0 Å². The highest BCUT2D eigenvalue weighted by Gasteiger charge is 2.14. The van der Waals surface area contributed by atoms with Crippen molar-refractivity contribution in [3.05, 3.63) is 74.0 Å². The molecular weight excluding hydrogens is 334 g/mol. The van der Waals surface area contributed by atoms with Crippen molar-refractivity contribution in [3.8, 4) is 11.3 Å². The molecule has 8 nitrogen and oxygen atoms in total. The van der Waals surface area contributed by atoms with E-state index >= 15 is 0 Å². The molecular formula is C15H10ClN5O3. The zero-order chi connectivity index (χ0) is 17.1. The van der Waals surface area contributed by atoms with Gasteiger partial charge in [0.15, 0.2) is 5.69 Å². The van der Waals surface area contributed by atoms with Crippen LogP contribution in [0.15, 0.2) is 63.6 Å². The monoisotopic (exact) mass is 343 g/mol. The number of nitrogens with zero attached hydrogens (tertiary/aromatic N) is 3. The first kappa shape index (κ1) is 15.6. The summed E-state index contributed by atoms with van der Waals surface area (Å²) in [7, 11) is 0. The van der Waals surface area contributed by atoms with Gasteiger partial charge in [0, 0.05) is 22.7 Å². The summed E-state index contributed by atoms with van der Waals surface area (Å²) < 4.78 is 0. The molecule has 0 spiro atoms. The summed E-state index contributed by atoms with van der Waals surface area (Å²) in [5.74, 6) is 0. The van der Waals surface area contributed by atoms with Crippen LogP contribution in [0.2, 0.25) is 5.02 Å². The Bertz CT molecular complexity index is 975. The van der Waals surface area contributed by atoms with Gasteiger partial charge < -0.3 is 0 Å². The van der Waals surface area contributed by atoms with Gasteiger partial charge in [0.05, 0.1) is 16.3 Å². The van der Waals surface area contributed by atoms with Crippen LogP contribution in [0.3, 0.4) is 0 Å². The Kier molecular flexibility index (Phi) is 4.21. The maximum Gasteiger partial charge on any atom is 0.292 e. The number of hydrogen-bond acceptors (Lipinski definition) is 5. The number of halogens is 1. The average molecular weight is 344 g/mol. The van der Waals surface area contributed by atoms with Crippen molar-refractivity contribution in [2.24, 2.45) is 10.2 Å². The molecule has 120 valence electrons. The lowest BCUT2D eigenvalue weighted by Gasteiger charge is -1.99. The summed E-state index contributed by atoms with van der Waals surface area (Å²) in [6.07, 6.45) is 0. The Morgan fingerprint density at radius 1 is 1.04 bits per heavy atom. The number of aromatic nitrogens is 2. The van der Waals surface area contributed by atoms with Gasteiger partial charge >= 0.3 is 0 Å². The first-order valence-corrected chi connectivity index (χ1v) is 7.15. The van der Waals surface area contributed by atoms with Gasteiger partial charge in [0.1, 0.15) is 0 Å². The molecule has 24 heavy (non-hydrogen) atoms. The third kappa shape index (κ3) is 3.23. The lowest BCUT2D eigenvalue weighted by molar-refractivity contribution is -0.384. The fourth-order valence-electron chi connectivity index (χ4n) is 2.05. The second-order valence-electron chi connectivity index (χ2n) is 4.79. The molecule has 2 aromatic carbocycles. The lowest BCUT2D eigenvalue weighted by atomic mass is 10.1. The minimum atomic E-state index is -0.511. The molecule has 0 saturated heterocycles. The summed E-state index contributed by atoms with van der Waals surface area (Å²) in [5.41, 5.74) is 0.758. The number of non-ortho nitro benzene ring substituents is 1. The maximum absolute atomic E-state index is 11.9. The Balaban J connectivity index is 2.00. The number of hydrogen-bond donors (Lipinski definition) is 2. The van der Waals surface area contributed by atoms with E-state index in [1.165, 1.54) is 18.2 Å². The van der Waals surface area contributed by atoms with E-state index in [4.69, 9.17) is 11.6 Å². The molecule has 3 aromatic rings. The zero-order valence-electron chi connectivity index (χ0n) is 12.1. The van der Waals surface area contributed by atoms with Gasteiger partial charge in [-0.2, -0.15) is 5.11 Å². The van der Waals surface area contributed by atoms with Crippen molar-refractivity contribution in [2.75, 3.05) is 0 Å². The fourth-order valence-corrected chi connectivity index (χ4v) is 2.17. The molecule has 0 fully saturated rings. The molecule has 0 atom stereocenters. The van der Waals surface area contributed by atoms with Crippen LogP contribution in [0.25, 0.3) is 11.3 Å². The van der Waals surface area contributed by atoms with Gasteiger partial charge in [0.25, 0.3) is 11.2 Å². The third-order valence-electron chi connectivity index (χ3n) is 3.19. The Morgan fingerprint density at radius 3 is 2.50 bits per heavy atom. The van der Waals surface area contributed by atoms with Crippen LogP contribution in [-0.4, -0.2) is 15.1 Å². The van der Waals surface area contributed by atoms with Crippen LogP contribution < -0.4 is 5.56 Å². The second-order valence-corrected chi connectivity index (χ2v) is 5.22. The minimum Gasteiger partial charge on any atom is -0.295 e. The van der Waals surface area contributed by atoms with E-state index in [0.29, 0.717) is 22.0 Å². The Morgan fingerprint density at radius 2 is 1.79 bits per heavy atom. The van der Waals surface area contributed by atoms with Crippen molar-refractivity contribution in [1.29, 1.82) is 0 Å². The summed E-state index contributed by atoms with van der Waals surface area (Å²) in [5, 5.41) is 24.5. The highest BCUT2D eigenvalue weighted by molar-refractivity contribution is 6.30. The summed E-state index contributed by atoms with van der Waals surface area (Å²) in [6, 6.07) is 12.5. The molecule has 0 amide bonds. The Labute approximate surface area is 140 Å². The molecule has 1 aromatic heterocycles. The van der Waals surface area contributed by atoms with Crippen LogP contribution in [0.1, 0.15) is 0 Å². The van der Waals surface area contributed by atoms with Crippen LogP contribution >= 0.6 is 11.6 Å². The molecule has 0 aliphatic heterocycles. The molecule has 0 saturated carbocycles. The number of rotatable bonds is 4. The van der Waals surface area contributed by atoms with Gasteiger partial charge in [-0.15, -0.1) is 5.11 Å². The predicted octanol–water partition coefficient (Wildman–Crippen LogP) is 4.35. The van der Waals surface area contributed by atoms with E-state index in [0.717, 1.165) is 0 Å². The third-order valence-corrected chi connectivity index (χ3v) is 3.44. The number of nitro benzene ring substituents is 1. The van der Waals surface area contributed by atoms with E-state index in [1.54, 1.807) is 30.3 Å². The van der Waals surface area contributed by atoms with E-state index < -0.39 is 10.5 Å². The van der Waals surface area contributed by atoms with Gasteiger partial charge in [-0.05, 0) is 24.3 Å². The number of benzene rings is 2. The average Bonchev–Trinajstić information content (AvgIpc) is 2.95. The van der Waals surface area contributed by atoms with Crippen LogP contribution in [-0.2, 0) is 0 Å². The minimum absolute atomic E-state index is 0.0328. The van der Waals surface area contributed by atoms with Crippen molar-refractivity contribution in [2.45, 2.75) is 0 Å². The summed E-state index contributed by atoms with van der Waals surface area (Å²) >= 11 is 5.79. The zero-order valence-corrected chi connectivity index (χ0v) is 12.8. The van der Waals surface area contributed by atoms with E-state index in [-0.39, 0.29) is 11.4 Å². The smallest absolute Gasteiger partial charge is 0.292 e. The molecule has 0 bridgehead atoms. The first-order chi connectivity index (χ1) is 11.5. The molecule has 9 heteroatoms. The lowest BCUT2D eigenvalue weighted by Crippen LogP contribution is -1.96. The van der Waals surface area contributed by atoms with Crippen LogP contribution in [0.4, 0.5) is 17.1 Å². The summed E-state index contributed by atoms with van der Waals surface area (Å²) in [6.45, 7) is 0. The number of azo groups is 1. The fraction of sp³-hybridized carbons (Fsp3) is 0. The topological polar surface area (TPSA) is 117 Å². The van der Waals surface area contributed by atoms with Crippen molar-refractivity contribution in [1.82, 2.24) is 10.2 Å². The predicted molar refractivity (Wildman–Crippen MR) is 89.1 cm³/mol. The second kappa shape index (κ2) is 6.47. The molecule has 0 aliphatic rings. The van der Waals surface area contributed by atoms with E-state index in [1.807, 2.05) is 0 Å². The SMILES string of the molecule is O=c1[nH][nH]c(-c2cccc([N+](=O)[O-])c2)c1N=Nc1ccc(Cl)cc1. The highest BCUT2D eigenvalue weighted by Crippen LogP contribution is 2.29. The van der Waals surface area contributed by atoms with Crippen molar-refractivity contribution >= 4 is 28.7 Å². The quantitative estimate of drug-likeness (QED) is 0.416.